The van der Waals surface area contributed by atoms with Crippen molar-refractivity contribution in [2.45, 2.75) is 37.6 Å². The van der Waals surface area contributed by atoms with E-state index in [1.54, 1.807) is 5.38 Å². The van der Waals surface area contributed by atoms with Crippen LogP contribution in [0.4, 0.5) is 20.5 Å². The maximum atomic E-state index is 13.0. The molecular weight excluding hydrogens is 915 g/mol. The Morgan fingerprint density at radius 1 is 0.485 bits per heavy atom. The van der Waals surface area contributed by atoms with E-state index < -0.39 is 23.3 Å². The summed E-state index contributed by atoms with van der Waals surface area (Å²) in [7, 11) is 3.91. The minimum Gasteiger partial charge on any atom is -0.351 e. The van der Waals surface area contributed by atoms with Crippen LogP contribution in [0, 0.1) is 0 Å². The fourth-order valence-electron chi connectivity index (χ4n) is 6.83. The van der Waals surface area contributed by atoms with Crippen LogP contribution in [0.1, 0.15) is 90.7 Å². The maximum absolute atomic E-state index is 13.0. The first-order valence-corrected chi connectivity index (χ1v) is 24.5. The zero-order valence-electron chi connectivity index (χ0n) is 36.0. The first-order valence-electron chi connectivity index (χ1n) is 21.0. The Hall–Kier alpha value is -6.55. The molecule has 66 heavy (non-hydrogen) atoms. The molecule has 6 N–H and O–H groups in total. The number of rotatable bonds is 22. The fraction of sp³-hybridized carbons (Fsp3) is 0.239. The van der Waals surface area contributed by atoms with Crippen molar-refractivity contribution in [2.75, 3.05) is 55.0 Å². The van der Waals surface area contributed by atoms with Crippen molar-refractivity contribution >= 4 is 95.4 Å². The van der Waals surface area contributed by atoms with Gasteiger partial charge >= 0.3 is 0 Å². The highest BCUT2D eigenvalue weighted by Crippen LogP contribution is 2.37. The Balaban J connectivity index is 0.831. The number of carbonyl (C=O) groups is 5. The highest BCUT2D eigenvalue weighted by molar-refractivity contribution is 7.15. The van der Waals surface area contributed by atoms with Gasteiger partial charge in [0.2, 0.25) is 5.91 Å². The number of hydrogen-bond acceptors (Lipinski definition) is 15. The van der Waals surface area contributed by atoms with Gasteiger partial charge in [-0.25, -0.2) is 19.9 Å². The SMILES string of the molecule is CN(C)CCCNC(=O)c1csc(NC(=O)c2csc(NC(=O)c3csc(NC(=O)c4csc(NC(=O)CCCCCNC(c5ccccc5)(c5ccccc5)c5ccccc5)n4)n3)n2)n1. The summed E-state index contributed by atoms with van der Waals surface area (Å²) in [6.07, 6.45) is 3.44. The van der Waals surface area contributed by atoms with E-state index >= 15 is 0 Å². The summed E-state index contributed by atoms with van der Waals surface area (Å²) in [5, 5.41) is 24.2. The third-order valence-corrected chi connectivity index (χ3v) is 13.0. The molecule has 0 saturated heterocycles. The summed E-state index contributed by atoms with van der Waals surface area (Å²) in [6, 6.07) is 31.3. The first-order chi connectivity index (χ1) is 32.1. The molecule has 0 radical (unpaired) electrons. The molecule has 7 aromatic rings. The number of hydrogen-bond donors (Lipinski definition) is 6. The lowest BCUT2D eigenvalue weighted by Gasteiger charge is -2.37. The number of unbranched alkanes of at least 4 members (excludes halogenated alkanes) is 2. The molecule has 16 nitrogen and oxygen atoms in total. The molecule has 340 valence electrons. The summed E-state index contributed by atoms with van der Waals surface area (Å²) in [6.45, 7) is 2.06. The summed E-state index contributed by atoms with van der Waals surface area (Å²) >= 11 is 4.32. The zero-order chi connectivity index (χ0) is 46.3. The van der Waals surface area contributed by atoms with Crippen LogP contribution in [0.2, 0.25) is 0 Å². The van der Waals surface area contributed by atoms with Gasteiger partial charge in [0.05, 0.1) is 5.54 Å². The molecule has 0 aliphatic carbocycles. The van der Waals surface area contributed by atoms with Crippen molar-refractivity contribution < 1.29 is 24.0 Å². The highest BCUT2D eigenvalue weighted by Gasteiger charge is 2.35. The number of benzene rings is 3. The lowest BCUT2D eigenvalue weighted by Crippen LogP contribution is -2.45. The van der Waals surface area contributed by atoms with Crippen molar-refractivity contribution in [3.8, 4) is 0 Å². The molecule has 0 bridgehead atoms. The van der Waals surface area contributed by atoms with Gasteiger partial charge in [-0.05, 0) is 63.1 Å². The molecule has 3 aromatic carbocycles. The molecular formula is C46H47N11O5S4. The molecule has 0 spiro atoms. The molecule has 0 unspecified atom stereocenters. The number of anilines is 4. The normalized spacial score (nSPS) is 11.3. The lowest BCUT2D eigenvalue weighted by atomic mass is 9.77. The molecule has 4 aromatic heterocycles. The molecule has 0 fully saturated rings. The van der Waals surface area contributed by atoms with Crippen molar-refractivity contribution in [2.24, 2.45) is 0 Å². The molecule has 20 heteroatoms. The van der Waals surface area contributed by atoms with Crippen LogP contribution in [0.15, 0.2) is 113 Å². The third kappa shape index (κ3) is 12.6. The molecule has 5 amide bonds. The van der Waals surface area contributed by atoms with Crippen molar-refractivity contribution in [3.63, 3.8) is 0 Å². The van der Waals surface area contributed by atoms with E-state index in [0.717, 1.165) is 94.4 Å². The van der Waals surface area contributed by atoms with Crippen LogP contribution in [-0.2, 0) is 10.3 Å². The minimum absolute atomic E-state index is 0.0247. The Bertz CT molecular complexity index is 2620. The van der Waals surface area contributed by atoms with Gasteiger partial charge < -0.3 is 15.5 Å². The molecule has 0 saturated carbocycles. The quantitative estimate of drug-likeness (QED) is 0.0283. The number of carbonyl (C=O) groups excluding carboxylic acids is 5. The Morgan fingerprint density at radius 3 is 1.29 bits per heavy atom. The molecule has 7 rings (SSSR count). The van der Waals surface area contributed by atoms with E-state index in [9.17, 15) is 24.0 Å². The monoisotopic (exact) mass is 961 g/mol. The van der Waals surface area contributed by atoms with Gasteiger partial charge in [0.25, 0.3) is 23.6 Å². The second-order valence-corrected chi connectivity index (χ2v) is 18.5. The van der Waals surface area contributed by atoms with Gasteiger partial charge in [-0.1, -0.05) is 97.4 Å². The van der Waals surface area contributed by atoms with Gasteiger partial charge in [-0.3, -0.25) is 45.2 Å². The average molecular weight is 962 g/mol. The lowest BCUT2D eigenvalue weighted by molar-refractivity contribution is -0.116. The smallest absolute Gasteiger partial charge is 0.276 e. The second-order valence-electron chi connectivity index (χ2n) is 15.1. The molecule has 0 aliphatic heterocycles. The van der Waals surface area contributed by atoms with E-state index in [4.69, 9.17) is 0 Å². The summed E-state index contributed by atoms with van der Waals surface area (Å²) in [5.74, 6) is -2.23. The standard InChI is InChI=1S/C46H47N11O5S4/c1-57(2)25-15-23-47-38(59)33-26-64-43(49-33)54-40(61)35-28-66-45(51-35)56-41(62)36-29-65-44(52-36)55-39(60)34-27-63-42(50-34)53-37(58)22-13-6-14-24-48-46(30-16-7-3-8-17-30,31-18-9-4-10-19-31)32-20-11-5-12-21-32/h3-5,7-12,16-21,26-29,48H,6,13-15,22-25H2,1-2H3,(H,47,59)(H,49,54,61)(H,50,53,58)(H,51,56,62)(H,52,55,60). The van der Waals surface area contributed by atoms with E-state index in [2.05, 4.69) is 125 Å². The van der Waals surface area contributed by atoms with E-state index in [0.29, 0.717) is 24.5 Å². The van der Waals surface area contributed by atoms with Crippen LogP contribution >= 0.6 is 45.3 Å². The maximum Gasteiger partial charge on any atom is 0.276 e. The van der Waals surface area contributed by atoms with Gasteiger partial charge in [0, 0.05) is 34.5 Å². The van der Waals surface area contributed by atoms with Crippen LogP contribution in [0.3, 0.4) is 0 Å². The van der Waals surface area contributed by atoms with Crippen molar-refractivity contribution in [1.29, 1.82) is 0 Å². The number of thiazole rings is 4. The number of nitrogens with one attached hydrogen (secondary N) is 6. The summed E-state index contributed by atoms with van der Waals surface area (Å²) in [4.78, 5) is 83.0. The van der Waals surface area contributed by atoms with Gasteiger partial charge in [0.1, 0.15) is 22.8 Å². The Morgan fingerprint density at radius 2 is 0.879 bits per heavy atom. The van der Waals surface area contributed by atoms with Crippen molar-refractivity contribution in [3.05, 3.63) is 152 Å². The minimum atomic E-state index is -0.594. The number of nitrogens with zero attached hydrogens (tertiary/aromatic N) is 5. The number of amides is 5. The van der Waals surface area contributed by atoms with E-state index in [1.165, 1.54) is 16.1 Å². The van der Waals surface area contributed by atoms with Crippen LogP contribution in [0.25, 0.3) is 0 Å². The highest BCUT2D eigenvalue weighted by atomic mass is 32.1. The van der Waals surface area contributed by atoms with Gasteiger partial charge in [0.15, 0.2) is 20.5 Å². The Labute approximate surface area is 397 Å². The predicted octanol–water partition coefficient (Wildman–Crippen LogP) is 8.03. The van der Waals surface area contributed by atoms with Crippen molar-refractivity contribution in [1.82, 2.24) is 35.5 Å². The summed E-state index contributed by atoms with van der Waals surface area (Å²) in [5.41, 5.74) is 3.23. The van der Waals surface area contributed by atoms with Gasteiger partial charge in [-0.15, -0.1) is 45.3 Å². The number of aromatic nitrogens is 4. The molecule has 0 atom stereocenters. The van der Waals surface area contributed by atoms with Gasteiger partial charge in [-0.2, -0.15) is 0 Å². The zero-order valence-corrected chi connectivity index (χ0v) is 39.3. The van der Waals surface area contributed by atoms with Crippen LogP contribution in [0.5, 0.6) is 0 Å². The third-order valence-electron chi connectivity index (χ3n) is 10.0. The molecule has 0 aliphatic rings. The van der Waals surface area contributed by atoms with Crippen LogP contribution < -0.4 is 31.9 Å². The first kappa shape index (κ1) is 47.4. The Kier molecular flexibility index (Phi) is 16.6. The van der Waals surface area contributed by atoms with E-state index in [-0.39, 0.29) is 50.0 Å². The summed E-state index contributed by atoms with van der Waals surface area (Å²) < 4.78 is 0. The average Bonchev–Trinajstić information content (AvgIpc) is 4.18. The largest absolute Gasteiger partial charge is 0.351 e. The van der Waals surface area contributed by atoms with Crippen LogP contribution in [-0.4, -0.2) is 88.1 Å². The second kappa shape index (κ2) is 23.1. The topological polar surface area (TPSA) is 212 Å². The molecule has 4 heterocycles. The van der Waals surface area contributed by atoms with E-state index in [1.807, 2.05) is 37.2 Å². The predicted molar refractivity (Wildman–Crippen MR) is 262 cm³/mol. The fourth-order valence-corrected chi connectivity index (χ4v) is 9.59.